The molecule has 3 rings (SSSR count). The van der Waals surface area contributed by atoms with Gasteiger partial charge < -0.3 is 4.74 Å². The molecule has 3 nitrogen and oxygen atoms in total. The maximum Gasteiger partial charge on any atom is 0.337 e. The molecule has 0 aliphatic carbocycles. The lowest BCUT2D eigenvalue weighted by Crippen LogP contribution is -2.00. The molecule has 0 aromatic heterocycles. The highest BCUT2D eigenvalue weighted by atomic mass is 127. The van der Waals surface area contributed by atoms with Crippen molar-refractivity contribution in [1.29, 1.82) is 0 Å². The highest BCUT2D eigenvalue weighted by Gasteiger charge is 2.07. The third-order valence-corrected chi connectivity index (χ3v) is 4.69. The van der Waals surface area contributed by atoms with Gasteiger partial charge in [-0.2, -0.15) is 0 Å². The first-order valence-corrected chi connectivity index (χ1v) is 8.83. The number of hydrogen-bond acceptors (Lipinski definition) is 3. The van der Waals surface area contributed by atoms with E-state index in [1.807, 2.05) is 66.9 Å². The van der Waals surface area contributed by atoms with Crippen molar-refractivity contribution < 1.29 is 9.53 Å². The number of para-hydroxylation sites is 1. The standard InChI is InChI=1S/C21H16INO2/c1-25-21(24)16-12-10-15(11-13-16)18-7-3-2-6-17(18)14-23-20-9-5-4-8-19(20)22/h2-14H,1H3. The molecule has 124 valence electrons. The number of benzene rings is 3. The lowest BCUT2D eigenvalue weighted by atomic mass is 9.99. The predicted octanol–water partition coefficient (Wildman–Crippen LogP) is 5.50. The molecule has 0 radical (unpaired) electrons. The molecule has 0 aliphatic rings. The lowest BCUT2D eigenvalue weighted by molar-refractivity contribution is 0.0601. The van der Waals surface area contributed by atoms with Gasteiger partial charge in [0.1, 0.15) is 0 Å². The van der Waals surface area contributed by atoms with Gasteiger partial charge in [0.25, 0.3) is 0 Å². The smallest absolute Gasteiger partial charge is 0.337 e. The Bertz CT molecular complexity index is 917. The third-order valence-electron chi connectivity index (χ3n) is 3.77. The summed E-state index contributed by atoms with van der Waals surface area (Å²) in [5.74, 6) is -0.333. The highest BCUT2D eigenvalue weighted by molar-refractivity contribution is 14.1. The SMILES string of the molecule is COC(=O)c1ccc(-c2ccccc2C=Nc2ccccc2I)cc1. The molecule has 0 N–H and O–H groups in total. The number of carbonyl (C=O) groups excluding carboxylic acids is 1. The molecule has 0 heterocycles. The van der Waals surface area contributed by atoms with Crippen LogP contribution in [0.3, 0.4) is 0 Å². The largest absolute Gasteiger partial charge is 0.465 e. The van der Waals surface area contributed by atoms with Crippen LogP contribution in [0.1, 0.15) is 15.9 Å². The molecule has 0 saturated heterocycles. The minimum atomic E-state index is -0.333. The van der Waals surface area contributed by atoms with Crippen LogP contribution in [0.15, 0.2) is 77.8 Å². The summed E-state index contributed by atoms with van der Waals surface area (Å²) in [7, 11) is 1.38. The van der Waals surface area contributed by atoms with Gasteiger partial charge in [-0.05, 0) is 58.0 Å². The number of halogens is 1. The maximum atomic E-state index is 11.6. The zero-order valence-corrected chi connectivity index (χ0v) is 15.8. The molecule has 4 heteroatoms. The van der Waals surface area contributed by atoms with Crippen molar-refractivity contribution in [2.24, 2.45) is 4.99 Å². The number of ether oxygens (including phenoxy) is 1. The lowest BCUT2D eigenvalue weighted by Gasteiger charge is -2.07. The topological polar surface area (TPSA) is 38.7 Å². The van der Waals surface area contributed by atoms with E-state index in [0.29, 0.717) is 5.56 Å². The molecule has 25 heavy (non-hydrogen) atoms. The number of hydrogen-bond donors (Lipinski definition) is 0. The Morgan fingerprint density at radius 2 is 1.64 bits per heavy atom. The number of rotatable bonds is 4. The Kier molecular flexibility index (Phi) is 5.60. The Hall–Kier alpha value is -2.47. The molecular formula is C21H16INO2. The Morgan fingerprint density at radius 1 is 0.960 bits per heavy atom. The van der Waals surface area contributed by atoms with Gasteiger partial charge >= 0.3 is 5.97 Å². The number of carbonyl (C=O) groups is 1. The number of aliphatic imine (C=N–C) groups is 1. The minimum Gasteiger partial charge on any atom is -0.465 e. The van der Waals surface area contributed by atoms with Crippen LogP contribution in [-0.4, -0.2) is 19.3 Å². The van der Waals surface area contributed by atoms with E-state index in [4.69, 9.17) is 4.74 Å². The van der Waals surface area contributed by atoms with E-state index >= 15 is 0 Å². The molecule has 0 fully saturated rings. The van der Waals surface area contributed by atoms with Crippen molar-refractivity contribution in [3.05, 3.63) is 87.5 Å². The summed E-state index contributed by atoms with van der Waals surface area (Å²) in [6, 6.07) is 23.4. The van der Waals surface area contributed by atoms with E-state index in [2.05, 4.69) is 27.6 Å². The minimum absolute atomic E-state index is 0.333. The number of esters is 1. The van der Waals surface area contributed by atoms with Crippen LogP contribution in [-0.2, 0) is 4.74 Å². The van der Waals surface area contributed by atoms with E-state index in [-0.39, 0.29) is 5.97 Å². The van der Waals surface area contributed by atoms with E-state index in [1.54, 1.807) is 12.1 Å². The molecular weight excluding hydrogens is 425 g/mol. The second kappa shape index (κ2) is 8.07. The van der Waals surface area contributed by atoms with Gasteiger partial charge in [-0.3, -0.25) is 4.99 Å². The van der Waals surface area contributed by atoms with Crippen LogP contribution >= 0.6 is 22.6 Å². The van der Waals surface area contributed by atoms with Crippen molar-refractivity contribution in [2.45, 2.75) is 0 Å². The molecule has 0 amide bonds. The van der Waals surface area contributed by atoms with Crippen molar-refractivity contribution >= 4 is 40.5 Å². The summed E-state index contributed by atoms with van der Waals surface area (Å²) in [6.45, 7) is 0. The summed E-state index contributed by atoms with van der Waals surface area (Å²) in [5, 5.41) is 0. The van der Waals surface area contributed by atoms with Crippen LogP contribution in [0, 0.1) is 3.57 Å². The Balaban J connectivity index is 1.94. The molecule has 0 aliphatic heterocycles. The molecule has 0 spiro atoms. The molecule has 3 aromatic carbocycles. The zero-order chi connectivity index (χ0) is 17.6. The predicted molar refractivity (Wildman–Crippen MR) is 110 cm³/mol. The average molecular weight is 441 g/mol. The van der Waals surface area contributed by atoms with Gasteiger partial charge in [0.05, 0.1) is 18.4 Å². The van der Waals surface area contributed by atoms with Crippen molar-refractivity contribution in [2.75, 3.05) is 7.11 Å². The fourth-order valence-electron chi connectivity index (χ4n) is 2.47. The van der Waals surface area contributed by atoms with E-state index < -0.39 is 0 Å². The molecule has 0 saturated carbocycles. The fraction of sp³-hybridized carbons (Fsp3) is 0.0476. The van der Waals surface area contributed by atoms with Crippen LogP contribution < -0.4 is 0 Å². The summed E-state index contributed by atoms with van der Waals surface area (Å²) in [5.41, 5.74) is 4.59. The van der Waals surface area contributed by atoms with Gasteiger partial charge in [0.15, 0.2) is 0 Å². The van der Waals surface area contributed by atoms with Crippen LogP contribution in [0.5, 0.6) is 0 Å². The molecule has 3 aromatic rings. The molecule has 0 atom stereocenters. The first kappa shape index (κ1) is 17.4. The van der Waals surface area contributed by atoms with Gasteiger partial charge in [-0.1, -0.05) is 48.5 Å². The maximum absolute atomic E-state index is 11.6. The zero-order valence-electron chi connectivity index (χ0n) is 13.6. The van der Waals surface area contributed by atoms with E-state index in [0.717, 1.165) is 25.9 Å². The van der Waals surface area contributed by atoms with Crippen molar-refractivity contribution in [1.82, 2.24) is 0 Å². The van der Waals surface area contributed by atoms with Gasteiger partial charge in [0, 0.05) is 15.3 Å². The van der Waals surface area contributed by atoms with Gasteiger partial charge in [-0.15, -0.1) is 0 Å². The van der Waals surface area contributed by atoms with Gasteiger partial charge in [-0.25, -0.2) is 4.79 Å². The molecule has 0 bridgehead atoms. The summed E-state index contributed by atoms with van der Waals surface area (Å²) < 4.78 is 5.85. The Labute approximate surface area is 160 Å². The summed E-state index contributed by atoms with van der Waals surface area (Å²) >= 11 is 2.28. The second-order valence-electron chi connectivity index (χ2n) is 5.37. The Morgan fingerprint density at radius 3 is 2.36 bits per heavy atom. The first-order chi connectivity index (χ1) is 12.2. The van der Waals surface area contributed by atoms with Crippen molar-refractivity contribution in [3.8, 4) is 11.1 Å². The highest BCUT2D eigenvalue weighted by Crippen LogP contribution is 2.25. The quantitative estimate of drug-likeness (QED) is 0.305. The van der Waals surface area contributed by atoms with E-state index in [1.165, 1.54) is 7.11 Å². The average Bonchev–Trinajstić information content (AvgIpc) is 2.67. The second-order valence-corrected chi connectivity index (χ2v) is 6.53. The third kappa shape index (κ3) is 4.14. The number of nitrogens with zero attached hydrogens (tertiary/aromatic N) is 1. The van der Waals surface area contributed by atoms with Crippen LogP contribution in [0.25, 0.3) is 11.1 Å². The first-order valence-electron chi connectivity index (χ1n) is 7.75. The monoisotopic (exact) mass is 441 g/mol. The number of methoxy groups -OCH3 is 1. The van der Waals surface area contributed by atoms with Crippen LogP contribution in [0.2, 0.25) is 0 Å². The van der Waals surface area contributed by atoms with E-state index in [9.17, 15) is 4.79 Å². The summed E-state index contributed by atoms with van der Waals surface area (Å²) in [6.07, 6.45) is 1.88. The van der Waals surface area contributed by atoms with Gasteiger partial charge in [0.2, 0.25) is 0 Å². The fourth-order valence-corrected chi connectivity index (χ4v) is 3.00. The van der Waals surface area contributed by atoms with Crippen molar-refractivity contribution in [3.63, 3.8) is 0 Å². The molecule has 0 unspecified atom stereocenters. The normalized spacial score (nSPS) is 10.8. The summed E-state index contributed by atoms with van der Waals surface area (Å²) in [4.78, 5) is 16.2. The van der Waals surface area contributed by atoms with Crippen LogP contribution in [0.4, 0.5) is 5.69 Å².